The quantitative estimate of drug-likeness (QED) is 0.496. The number of rotatable bonds is 3. The van der Waals surface area contributed by atoms with E-state index in [2.05, 4.69) is 9.97 Å². The lowest BCUT2D eigenvalue weighted by atomic mass is 9.98. The number of aliphatic hydroxyl groups excluding tert-OH is 4. The molecule has 1 aliphatic heterocycles. The Kier molecular flexibility index (Phi) is 5.24. The average molecular weight is 425 g/mol. The molecule has 3 aromatic rings. The minimum atomic E-state index is -4.72. The fourth-order valence-corrected chi connectivity index (χ4v) is 3.48. The van der Waals surface area contributed by atoms with Crippen LogP contribution in [0.1, 0.15) is 11.8 Å². The third kappa shape index (κ3) is 3.44. The molecule has 0 bridgehead atoms. The lowest BCUT2D eigenvalue weighted by Crippen LogP contribution is -2.56. The van der Waals surface area contributed by atoms with E-state index in [-0.39, 0.29) is 11.3 Å². The molecule has 8 nitrogen and oxygen atoms in total. The second kappa shape index (κ2) is 7.60. The maximum Gasteiger partial charge on any atom is 0.418 e. The number of hydrogen-bond donors (Lipinski definition) is 4. The van der Waals surface area contributed by atoms with E-state index in [0.29, 0.717) is 5.56 Å². The molecule has 0 aliphatic carbocycles. The van der Waals surface area contributed by atoms with E-state index >= 15 is 0 Å². The molecule has 160 valence electrons. The molecular weight excluding hydrogens is 407 g/mol. The van der Waals surface area contributed by atoms with E-state index in [9.17, 15) is 33.6 Å². The smallest absolute Gasteiger partial charge is 0.394 e. The van der Waals surface area contributed by atoms with E-state index in [0.717, 1.165) is 17.0 Å². The van der Waals surface area contributed by atoms with Crippen molar-refractivity contribution in [1.82, 2.24) is 14.5 Å². The highest BCUT2D eigenvalue weighted by atomic mass is 19.4. The van der Waals surface area contributed by atoms with Crippen LogP contribution >= 0.6 is 0 Å². The zero-order chi connectivity index (χ0) is 21.6. The van der Waals surface area contributed by atoms with Gasteiger partial charge in [-0.15, -0.1) is 0 Å². The van der Waals surface area contributed by atoms with Crippen LogP contribution in [0.15, 0.2) is 42.7 Å². The Morgan fingerprint density at radius 2 is 1.73 bits per heavy atom. The summed E-state index contributed by atoms with van der Waals surface area (Å²) in [6, 6.07) is 9.12. The molecule has 1 fully saturated rings. The van der Waals surface area contributed by atoms with Gasteiger partial charge in [0, 0.05) is 5.56 Å². The van der Waals surface area contributed by atoms with Crippen molar-refractivity contribution in [2.24, 2.45) is 0 Å². The Balaban J connectivity index is 1.90. The van der Waals surface area contributed by atoms with Gasteiger partial charge in [0.05, 0.1) is 24.2 Å². The first kappa shape index (κ1) is 20.7. The SMILES string of the molecule is OC[C@H]1O[C@@H](n2cnc3c(C(F)(F)F)cc(-c4ccccc4)nc32)[C@H](O)[C@@H](O)[C@@H]1O. The first-order valence-electron chi connectivity index (χ1n) is 9.03. The molecular formula is C19H18F3N3O5. The minimum Gasteiger partial charge on any atom is -0.394 e. The molecule has 0 spiro atoms. The molecule has 1 aromatic carbocycles. The summed E-state index contributed by atoms with van der Waals surface area (Å²) in [4.78, 5) is 8.09. The van der Waals surface area contributed by atoms with Gasteiger partial charge in [0.2, 0.25) is 0 Å². The summed E-state index contributed by atoms with van der Waals surface area (Å²) in [5.74, 6) is 0. The highest BCUT2D eigenvalue weighted by Gasteiger charge is 2.45. The summed E-state index contributed by atoms with van der Waals surface area (Å²) in [7, 11) is 0. The normalized spacial score (nSPS) is 27.5. The van der Waals surface area contributed by atoms with Gasteiger partial charge in [0.15, 0.2) is 11.9 Å². The van der Waals surface area contributed by atoms with Crippen LogP contribution in [0, 0.1) is 0 Å². The fourth-order valence-electron chi connectivity index (χ4n) is 3.48. The van der Waals surface area contributed by atoms with Gasteiger partial charge < -0.3 is 25.2 Å². The average Bonchev–Trinajstić information content (AvgIpc) is 3.15. The number of aromatic nitrogens is 3. The van der Waals surface area contributed by atoms with Crippen molar-refractivity contribution in [3.05, 3.63) is 48.3 Å². The zero-order valence-corrected chi connectivity index (χ0v) is 15.3. The van der Waals surface area contributed by atoms with Crippen molar-refractivity contribution in [3.8, 4) is 11.3 Å². The number of pyridine rings is 1. The predicted molar refractivity (Wildman–Crippen MR) is 97.0 cm³/mol. The van der Waals surface area contributed by atoms with Gasteiger partial charge in [0.25, 0.3) is 0 Å². The van der Waals surface area contributed by atoms with Crippen LogP contribution in [0.2, 0.25) is 0 Å². The number of nitrogens with zero attached hydrogens (tertiary/aromatic N) is 3. The Morgan fingerprint density at radius 3 is 2.37 bits per heavy atom. The van der Waals surface area contributed by atoms with Crippen molar-refractivity contribution < 1.29 is 38.3 Å². The number of ether oxygens (including phenoxy) is 1. The molecule has 0 amide bonds. The van der Waals surface area contributed by atoms with Crippen molar-refractivity contribution in [2.45, 2.75) is 36.8 Å². The van der Waals surface area contributed by atoms with Crippen molar-refractivity contribution >= 4 is 11.2 Å². The summed E-state index contributed by atoms with van der Waals surface area (Å²) in [5, 5.41) is 39.7. The Hall–Kier alpha value is -2.57. The molecule has 0 saturated carbocycles. The number of imidazole rings is 1. The minimum absolute atomic E-state index is 0.0294. The summed E-state index contributed by atoms with van der Waals surface area (Å²) >= 11 is 0. The second-order valence-corrected chi connectivity index (χ2v) is 6.96. The maximum atomic E-state index is 13.7. The molecule has 3 heterocycles. The van der Waals surface area contributed by atoms with E-state index < -0.39 is 54.5 Å². The molecule has 0 unspecified atom stereocenters. The van der Waals surface area contributed by atoms with E-state index in [1.54, 1.807) is 30.3 Å². The molecule has 4 N–H and O–H groups in total. The highest BCUT2D eigenvalue weighted by molar-refractivity contribution is 5.80. The molecule has 5 atom stereocenters. The summed E-state index contributed by atoms with van der Waals surface area (Å²) in [5.41, 5.74) is -1.24. The van der Waals surface area contributed by atoms with Gasteiger partial charge in [-0.3, -0.25) is 4.57 Å². The number of fused-ring (bicyclic) bond motifs is 1. The van der Waals surface area contributed by atoms with E-state index in [4.69, 9.17) is 4.74 Å². The van der Waals surface area contributed by atoms with Gasteiger partial charge in [0.1, 0.15) is 29.9 Å². The Labute approximate surface area is 167 Å². The predicted octanol–water partition coefficient (Wildman–Crippen LogP) is 1.09. The zero-order valence-electron chi connectivity index (χ0n) is 15.3. The monoisotopic (exact) mass is 425 g/mol. The molecule has 30 heavy (non-hydrogen) atoms. The highest BCUT2D eigenvalue weighted by Crippen LogP contribution is 2.38. The van der Waals surface area contributed by atoms with Gasteiger partial charge >= 0.3 is 6.18 Å². The van der Waals surface area contributed by atoms with Crippen LogP contribution in [0.5, 0.6) is 0 Å². The lowest BCUT2D eigenvalue weighted by molar-refractivity contribution is -0.250. The standard InChI is InChI=1S/C19H18F3N3O5/c20-19(21,22)10-6-11(9-4-2-1-3-5-9)24-17-13(10)23-8-25(17)18-16(29)15(28)14(27)12(7-26)30-18/h1-6,8,12,14-16,18,26-29H,7H2/t12-,14-,15+,16-,18-/m1/s1. The van der Waals surface area contributed by atoms with E-state index in [1.807, 2.05) is 0 Å². The number of hydrogen-bond acceptors (Lipinski definition) is 7. The van der Waals surface area contributed by atoms with Gasteiger partial charge in [-0.05, 0) is 6.07 Å². The molecule has 1 saturated heterocycles. The van der Waals surface area contributed by atoms with Crippen molar-refractivity contribution in [1.29, 1.82) is 0 Å². The molecule has 4 rings (SSSR count). The number of alkyl halides is 3. The summed E-state index contributed by atoms with van der Waals surface area (Å²) in [6.07, 6.45) is -11.4. The van der Waals surface area contributed by atoms with Crippen molar-refractivity contribution in [2.75, 3.05) is 6.61 Å². The number of benzene rings is 1. The van der Waals surface area contributed by atoms with Crippen LogP contribution in [-0.4, -0.2) is 66.0 Å². The fraction of sp³-hybridized carbons (Fsp3) is 0.368. The van der Waals surface area contributed by atoms with Crippen LogP contribution in [0.3, 0.4) is 0 Å². The summed E-state index contributed by atoms with van der Waals surface area (Å²) in [6.45, 7) is -0.676. The van der Waals surface area contributed by atoms with Crippen LogP contribution in [-0.2, 0) is 10.9 Å². The van der Waals surface area contributed by atoms with Gasteiger partial charge in [-0.1, -0.05) is 30.3 Å². The van der Waals surface area contributed by atoms with E-state index in [1.165, 1.54) is 0 Å². The third-order valence-corrected chi connectivity index (χ3v) is 5.05. The number of halogens is 3. The summed E-state index contributed by atoms with van der Waals surface area (Å²) < 4.78 is 47.6. The first-order chi connectivity index (χ1) is 14.2. The largest absolute Gasteiger partial charge is 0.418 e. The van der Waals surface area contributed by atoms with Crippen LogP contribution < -0.4 is 0 Å². The Morgan fingerprint density at radius 1 is 1.03 bits per heavy atom. The molecule has 0 radical (unpaired) electrons. The Bertz CT molecular complexity index is 1040. The van der Waals surface area contributed by atoms with Crippen LogP contribution in [0.25, 0.3) is 22.4 Å². The maximum absolute atomic E-state index is 13.7. The molecule has 2 aromatic heterocycles. The first-order valence-corrected chi connectivity index (χ1v) is 9.03. The van der Waals surface area contributed by atoms with Gasteiger partial charge in [-0.25, -0.2) is 9.97 Å². The molecule has 1 aliphatic rings. The topological polar surface area (TPSA) is 121 Å². The molecule has 11 heteroatoms. The second-order valence-electron chi connectivity index (χ2n) is 6.96. The number of aliphatic hydroxyl groups is 4. The third-order valence-electron chi connectivity index (χ3n) is 5.05. The van der Waals surface area contributed by atoms with Crippen molar-refractivity contribution in [3.63, 3.8) is 0 Å². The lowest BCUT2D eigenvalue weighted by Gasteiger charge is -2.40. The van der Waals surface area contributed by atoms with Crippen LogP contribution in [0.4, 0.5) is 13.2 Å². The van der Waals surface area contributed by atoms with Gasteiger partial charge in [-0.2, -0.15) is 13.2 Å².